The average molecular weight is 251 g/mol. The number of halogens is 1. The summed E-state index contributed by atoms with van der Waals surface area (Å²) in [7, 11) is 0. The number of nitrogens with zero attached hydrogens (tertiary/aromatic N) is 3. The molecular formula is C13H18FN3O. The number of alkyl halides is 1. The van der Waals surface area contributed by atoms with E-state index in [4.69, 9.17) is 4.74 Å². The molecule has 2 heterocycles. The predicted octanol–water partition coefficient (Wildman–Crippen LogP) is 1.88. The summed E-state index contributed by atoms with van der Waals surface area (Å²) < 4.78 is 19.2. The van der Waals surface area contributed by atoms with Crippen molar-refractivity contribution >= 4 is 5.82 Å². The highest BCUT2D eigenvalue weighted by molar-refractivity contribution is 5.43. The highest BCUT2D eigenvalue weighted by atomic mass is 19.1. The van der Waals surface area contributed by atoms with E-state index >= 15 is 0 Å². The Morgan fingerprint density at radius 3 is 2.72 bits per heavy atom. The first kappa shape index (κ1) is 11.8. The molecule has 1 aromatic rings. The van der Waals surface area contributed by atoms with Crippen LogP contribution in [0.5, 0.6) is 0 Å². The van der Waals surface area contributed by atoms with Crippen LogP contribution in [0.2, 0.25) is 0 Å². The molecule has 18 heavy (non-hydrogen) atoms. The molecule has 3 rings (SSSR count). The number of aryl methyl sites for hydroxylation is 1. The minimum absolute atomic E-state index is 0.190. The van der Waals surface area contributed by atoms with Crippen LogP contribution in [0.3, 0.4) is 0 Å². The first-order valence-corrected chi connectivity index (χ1v) is 6.54. The second-order valence-electron chi connectivity index (χ2n) is 5.13. The molecule has 2 aliphatic rings. The van der Waals surface area contributed by atoms with Crippen molar-refractivity contribution in [2.24, 2.45) is 0 Å². The topological polar surface area (TPSA) is 38.2 Å². The second-order valence-corrected chi connectivity index (χ2v) is 5.13. The minimum atomic E-state index is -0.916. The fourth-order valence-electron chi connectivity index (χ4n) is 2.65. The Kier molecular flexibility index (Phi) is 3.16. The monoisotopic (exact) mass is 251 g/mol. The predicted molar refractivity (Wildman–Crippen MR) is 66.4 cm³/mol. The van der Waals surface area contributed by atoms with E-state index < -0.39 is 6.17 Å². The van der Waals surface area contributed by atoms with E-state index in [-0.39, 0.29) is 12.6 Å². The third-order valence-electron chi connectivity index (χ3n) is 3.86. The largest absolute Gasteiger partial charge is 0.376 e. The second kappa shape index (κ2) is 4.80. The van der Waals surface area contributed by atoms with Gasteiger partial charge in [0.05, 0.1) is 19.3 Å². The summed E-state index contributed by atoms with van der Waals surface area (Å²) in [5.74, 6) is 0.838. The van der Waals surface area contributed by atoms with Crippen LogP contribution in [-0.4, -0.2) is 41.4 Å². The van der Waals surface area contributed by atoms with Gasteiger partial charge in [-0.2, -0.15) is 0 Å². The Morgan fingerprint density at radius 2 is 2.17 bits per heavy atom. The van der Waals surface area contributed by atoms with Crippen molar-refractivity contribution in [1.82, 2.24) is 9.97 Å². The number of anilines is 1. The van der Waals surface area contributed by atoms with Crippen molar-refractivity contribution in [3.63, 3.8) is 0 Å². The van der Waals surface area contributed by atoms with E-state index in [0.29, 0.717) is 12.6 Å². The summed E-state index contributed by atoms with van der Waals surface area (Å²) in [5.41, 5.74) is 0.915. The van der Waals surface area contributed by atoms with E-state index in [1.165, 1.54) is 6.42 Å². The molecule has 2 atom stereocenters. The third-order valence-corrected chi connectivity index (χ3v) is 3.86. The van der Waals surface area contributed by atoms with Gasteiger partial charge in [-0.25, -0.2) is 14.4 Å². The number of rotatable bonds is 3. The lowest BCUT2D eigenvalue weighted by atomic mass is 9.90. The summed E-state index contributed by atoms with van der Waals surface area (Å²) >= 11 is 0. The van der Waals surface area contributed by atoms with Gasteiger partial charge in [0.15, 0.2) is 0 Å². The molecule has 0 aromatic carbocycles. The molecule has 0 spiro atoms. The van der Waals surface area contributed by atoms with Gasteiger partial charge in [-0.1, -0.05) is 0 Å². The maximum absolute atomic E-state index is 13.9. The van der Waals surface area contributed by atoms with Gasteiger partial charge in [0.1, 0.15) is 18.3 Å². The molecule has 2 fully saturated rings. The van der Waals surface area contributed by atoms with Crippen molar-refractivity contribution in [2.75, 3.05) is 18.1 Å². The van der Waals surface area contributed by atoms with Gasteiger partial charge in [-0.3, -0.25) is 0 Å². The molecule has 1 saturated carbocycles. The van der Waals surface area contributed by atoms with Crippen LogP contribution < -0.4 is 4.90 Å². The molecule has 98 valence electrons. The first-order valence-electron chi connectivity index (χ1n) is 6.54. The molecule has 4 nitrogen and oxygen atoms in total. The van der Waals surface area contributed by atoms with Crippen molar-refractivity contribution in [2.45, 2.75) is 44.4 Å². The van der Waals surface area contributed by atoms with Crippen LogP contribution in [0.4, 0.5) is 10.2 Å². The quantitative estimate of drug-likeness (QED) is 0.822. The molecule has 5 heteroatoms. The Balaban J connectivity index is 1.89. The van der Waals surface area contributed by atoms with Crippen LogP contribution >= 0.6 is 0 Å². The van der Waals surface area contributed by atoms with Gasteiger partial charge < -0.3 is 9.64 Å². The Bertz CT molecular complexity index is 424. The van der Waals surface area contributed by atoms with Crippen LogP contribution in [0.25, 0.3) is 0 Å². The zero-order valence-electron chi connectivity index (χ0n) is 10.6. The summed E-state index contributed by atoms with van der Waals surface area (Å²) in [5, 5.41) is 0. The van der Waals surface area contributed by atoms with E-state index in [9.17, 15) is 4.39 Å². The van der Waals surface area contributed by atoms with Gasteiger partial charge >= 0.3 is 0 Å². The zero-order valence-corrected chi connectivity index (χ0v) is 10.6. The van der Waals surface area contributed by atoms with E-state index in [1.54, 1.807) is 6.33 Å². The number of ether oxygens (including phenoxy) is 1. The normalized spacial score (nSPS) is 28.1. The fraction of sp³-hybridized carbons (Fsp3) is 0.692. The lowest BCUT2D eigenvalue weighted by Gasteiger charge is -2.42. The SMILES string of the molecule is Cc1cc(N(C2CCC2)C2COCC2F)ncn1. The lowest BCUT2D eigenvalue weighted by Crippen LogP contribution is -2.51. The Hall–Kier alpha value is -1.23. The molecule has 2 unspecified atom stereocenters. The third kappa shape index (κ3) is 2.07. The van der Waals surface area contributed by atoms with Gasteiger partial charge in [0.25, 0.3) is 0 Å². The summed E-state index contributed by atoms with van der Waals surface area (Å²) in [4.78, 5) is 10.5. The van der Waals surface area contributed by atoms with E-state index in [2.05, 4.69) is 14.9 Å². The molecule has 0 N–H and O–H groups in total. The molecule has 0 radical (unpaired) electrons. The number of aromatic nitrogens is 2. The molecule has 1 aliphatic heterocycles. The fourth-order valence-corrected chi connectivity index (χ4v) is 2.65. The van der Waals surface area contributed by atoms with Gasteiger partial charge in [-0.05, 0) is 26.2 Å². The Labute approximate surface area is 106 Å². The summed E-state index contributed by atoms with van der Waals surface area (Å²) in [6, 6.07) is 2.15. The highest BCUT2D eigenvalue weighted by Crippen LogP contribution is 2.33. The van der Waals surface area contributed by atoms with Crippen molar-refractivity contribution in [3.05, 3.63) is 18.1 Å². The van der Waals surface area contributed by atoms with E-state index in [0.717, 1.165) is 24.4 Å². The molecule has 0 bridgehead atoms. The maximum atomic E-state index is 13.9. The van der Waals surface area contributed by atoms with Crippen LogP contribution in [0.15, 0.2) is 12.4 Å². The van der Waals surface area contributed by atoms with Crippen molar-refractivity contribution in [3.8, 4) is 0 Å². The van der Waals surface area contributed by atoms with Crippen LogP contribution in [-0.2, 0) is 4.74 Å². The van der Waals surface area contributed by atoms with Gasteiger partial charge in [-0.15, -0.1) is 0 Å². The summed E-state index contributed by atoms with van der Waals surface area (Å²) in [6.07, 6.45) is 4.09. The number of hydrogen-bond donors (Lipinski definition) is 0. The van der Waals surface area contributed by atoms with E-state index in [1.807, 2.05) is 13.0 Å². The Morgan fingerprint density at radius 1 is 1.33 bits per heavy atom. The standard InChI is InChI=1S/C13H18FN3O/c1-9-5-13(16-8-15-9)17(10-3-2-4-10)12-7-18-6-11(12)14/h5,8,10-12H,2-4,6-7H2,1H3. The smallest absolute Gasteiger partial charge is 0.146 e. The maximum Gasteiger partial charge on any atom is 0.146 e. The minimum Gasteiger partial charge on any atom is -0.376 e. The molecule has 1 aromatic heterocycles. The summed E-state index contributed by atoms with van der Waals surface area (Å²) in [6.45, 7) is 2.60. The first-order chi connectivity index (χ1) is 8.75. The van der Waals surface area contributed by atoms with Crippen LogP contribution in [0.1, 0.15) is 25.0 Å². The molecular weight excluding hydrogens is 233 g/mol. The zero-order chi connectivity index (χ0) is 12.5. The molecule has 0 amide bonds. The number of hydrogen-bond acceptors (Lipinski definition) is 4. The van der Waals surface area contributed by atoms with Crippen molar-refractivity contribution < 1.29 is 9.13 Å². The van der Waals surface area contributed by atoms with Crippen LogP contribution in [0, 0.1) is 6.92 Å². The lowest BCUT2D eigenvalue weighted by molar-refractivity contribution is 0.172. The highest BCUT2D eigenvalue weighted by Gasteiger charge is 2.39. The van der Waals surface area contributed by atoms with Crippen molar-refractivity contribution in [1.29, 1.82) is 0 Å². The molecule has 1 saturated heterocycles. The molecule has 1 aliphatic carbocycles. The van der Waals surface area contributed by atoms with Gasteiger partial charge in [0, 0.05) is 17.8 Å². The average Bonchev–Trinajstić information content (AvgIpc) is 2.69. The van der Waals surface area contributed by atoms with Gasteiger partial charge in [0.2, 0.25) is 0 Å².